The first-order chi connectivity index (χ1) is 22.7. The number of fused-ring (bicyclic) bond motifs is 18. The molecular weight excluding hydrogens is 612 g/mol. The largest absolute Gasteiger partial charge is 0.481 e. The fourth-order valence-electron chi connectivity index (χ4n) is 15.8. The SMILES string of the molecule is CC1C(=O)OC(=O)C1C1C2CC(C3C4CC(C(=O)O)C(C4)C23)C1C1C(C)C2CC1C1C3CC(CC3C(=O)OCCC(=O)OC(C)(C)C)C21. The molecule has 8 bridgehead atoms. The Bertz CT molecular complexity index is 1450. The molecule has 9 heteroatoms. The summed E-state index contributed by atoms with van der Waals surface area (Å²) in [7, 11) is 0. The van der Waals surface area contributed by atoms with Crippen LogP contribution in [-0.4, -0.2) is 47.2 Å². The van der Waals surface area contributed by atoms with Gasteiger partial charge >= 0.3 is 29.8 Å². The van der Waals surface area contributed by atoms with Crippen LogP contribution in [-0.2, 0) is 38.2 Å². The summed E-state index contributed by atoms with van der Waals surface area (Å²) in [5, 5.41) is 10.1. The Kier molecular flexibility index (Phi) is 6.92. The average molecular weight is 665 g/mol. The summed E-state index contributed by atoms with van der Waals surface area (Å²) in [6, 6.07) is 0. The number of carbonyl (C=O) groups excluding carboxylic acids is 4. The Morgan fingerprint density at radius 2 is 1.29 bits per heavy atom. The van der Waals surface area contributed by atoms with Gasteiger partial charge in [0.1, 0.15) is 12.2 Å². The zero-order chi connectivity index (χ0) is 33.7. The van der Waals surface area contributed by atoms with Crippen LogP contribution < -0.4 is 0 Å². The van der Waals surface area contributed by atoms with E-state index < -0.39 is 29.4 Å². The number of hydrogen-bond acceptors (Lipinski definition) is 8. The van der Waals surface area contributed by atoms with Gasteiger partial charge in [0.25, 0.3) is 0 Å². The van der Waals surface area contributed by atoms with Crippen molar-refractivity contribution < 1.29 is 43.3 Å². The van der Waals surface area contributed by atoms with Crippen molar-refractivity contribution in [2.75, 3.05) is 6.61 Å². The Hall–Kier alpha value is -2.45. The highest BCUT2D eigenvalue weighted by Crippen LogP contribution is 2.79. The predicted molar refractivity (Wildman–Crippen MR) is 169 cm³/mol. The van der Waals surface area contributed by atoms with Gasteiger partial charge in [-0.3, -0.25) is 24.0 Å². The Morgan fingerprint density at radius 1 is 0.708 bits per heavy atom. The number of carboxylic acid groups (broad SMARTS) is 1. The van der Waals surface area contributed by atoms with E-state index in [2.05, 4.69) is 6.92 Å². The molecule has 8 saturated carbocycles. The van der Waals surface area contributed by atoms with Gasteiger partial charge < -0.3 is 19.3 Å². The summed E-state index contributed by atoms with van der Waals surface area (Å²) >= 11 is 0. The molecule has 9 rings (SSSR count). The quantitative estimate of drug-likeness (QED) is 0.168. The highest BCUT2D eigenvalue weighted by molar-refractivity contribution is 5.96. The number of aliphatic carboxylic acids is 1. The molecule has 0 radical (unpaired) electrons. The summed E-state index contributed by atoms with van der Waals surface area (Å²) < 4.78 is 16.4. The zero-order valence-corrected chi connectivity index (χ0v) is 28.9. The molecule has 0 aromatic rings. The minimum absolute atomic E-state index is 0.0517. The van der Waals surface area contributed by atoms with Gasteiger partial charge in [-0.15, -0.1) is 0 Å². The van der Waals surface area contributed by atoms with Crippen LogP contribution in [0.3, 0.4) is 0 Å². The van der Waals surface area contributed by atoms with Crippen LogP contribution in [0.1, 0.15) is 79.6 Å². The van der Waals surface area contributed by atoms with Crippen LogP contribution in [0, 0.1) is 118 Å². The normalized spacial score (nSPS) is 53.4. The van der Waals surface area contributed by atoms with E-state index in [9.17, 15) is 29.1 Å². The number of esters is 4. The lowest BCUT2D eigenvalue weighted by molar-refractivity contribution is -0.161. The molecule has 0 aromatic carbocycles. The second-order valence-electron chi connectivity index (χ2n) is 18.9. The first-order valence-corrected chi connectivity index (χ1v) is 19.1. The Balaban J connectivity index is 0.976. The second kappa shape index (κ2) is 10.5. The number of rotatable bonds is 7. The van der Waals surface area contributed by atoms with Crippen LogP contribution in [0.2, 0.25) is 0 Å². The molecule has 48 heavy (non-hydrogen) atoms. The van der Waals surface area contributed by atoms with Crippen molar-refractivity contribution in [2.24, 2.45) is 118 Å². The average Bonchev–Trinajstić information content (AvgIpc) is 3.85. The minimum atomic E-state index is -0.664. The lowest BCUT2D eigenvalue weighted by Crippen LogP contribution is -2.51. The highest BCUT2D eigenvalue weighted by Gasteiger charge is 2.75. The molecule has 1 N–H and O–H groups in total. The Labute approximate surface area is 282 Å². The zero-order valence-electron chi connectivity index (χ0n) is 28.9. The molecule has 8 aliphatic carbocycles. The summed E-state index contributed by atoms with van der Waals surface area (Å²) in [6.45, 7) is 9.87. The standard InChI is InChI=1S/C39H52O9/c1-14-18-12-23(32-20-9-17(29(18)32)11-22(20)37(44)46-7-6-26(40)48-39(3,4)5)27(14)33-24-13-25(34(33)28-15(2)36(43)47-38(28)45)31-19-8-16(30(24)31)10-21(19)35(41)42/h14-25,27-34H,6-13H2,1-5H3,(H,41,42). The monoisotopic (exact) mass is 664 g/mol. The highest BCUT2D eigenvalue weighted by atomic mass is 16.6. The maximum atomic E-state index is 13.5. The maximum Gasteiger partial charge on any atom is 0.317 e. The topological polar surface area (TPSA) is 133 Å². The van der Waals surface area contributed by atoms with Crippen LogP contribution in [0.15, 0.2) is 0 Å². The van der Waals surface area contributed by atoms with E-state index in [4.69, 9.17) is 14.2 Å². The molecule has 20 atom stereocenters. The smallest absolute Gasteiger partial charge is 0.317 e. The van der Waals surface area contributed by atoms with Crippen molar-refractivity contribution in [3.05, 3.63) is 0 Å². The van der Waals surface area contributed by atoms with Gasteiger partial charge in [-0.2, -0.15) is 0 Å². The van der Waals surface area contributed by atoms with E-state index in [1.807, 2.05) is 27.7 Å². The van der Waals surface area contributed by atoms with Gasteiger partial charge in [0.2, 0.25) is 0 Å². The van der Waals surface area contributed by atoms with Crippen molar-refractivity contribution in [3.8, 4) is 0 Å². The maximum absolute atomic E-state index is 13.5. The summed E-state index contributed by atoms with van der Waals surface area (Å²) in [4.78, 5) is 64.3. The molecule has 0 aromatic heterocycles. The molecule has 0 amide bonds. The van der Waals surface area contributed by atoms with Gasteiger partial charge in [-0.05, 0) is 154 Å². The number of hydrogen-bond donors (Lipinski definition) is 1. The van der Waals surface area contributed by atoms with Gasteiger partial charge in [0.05, 0.1) is 30.1 Å². The number of carbonyl (C=O) groups is 5. The molecule has 1 heterocycles. The van der Waals surface area contributed by atoms with E-state index in [0.717, 1.165) is 32.1 Å². The summed E-state index contributed by atoms with van der Waals surface area (Å²) in [5.41, 5.74) is -0.571. The second-order valence-corrected chi connectivity index (χ2v) is 18.9. The fraction of sp³-hybridized carbons (Fsp3) is 0.872. The third kappa shape index (κ3) is 4.23. The van der Waals surface area contributed by atoms with Crippen molar-refractivity contribution in [2.45, 2.75) is 85.2 Å². The van der Waals surface area contributed by atoms with Crippen molar-refractivity contribution >= 4 is 29.8 Å². The van der Waals surface area contributed by atoms with E-state index in [-0.39, 0.29) is 60.5 Å². The molecule has 9 aliphatic rings. The van der Waals surface area contributed by atoms with Crippen LogP contribution in [0.5, 0.6) is 0 Å². The molecule has 9 fully saturated rings. The lowest BCUT2D eigenvalue weighted by Gasteiger charge is -2.53. The number of cyclic esters (lactones) is 2. The van der Waals surface area contributed by atoms with E-state index >= 15 is 0 Å². The molecule has 20 unspecified atom stereocenters. The van der Waals surface area contributed by atoms with Crippen LogP contribution in [0.25, 0.3) is 0 Å². The van der Waals surface area contributed by atoms with E-state index in [1.54, 1.807) is 0 Å². The van der Waals surface area contributed by atoms with Crippen molar-refractivity contribution in [1.29, 1.82) is 0 Å². The van der Waals surface area contributed by atoms with E-state index in [1.165, 1.54) is 6.42 Å². The third-order valence-corrected chi connectivity index (χ3v) is 16.4. The van der Waals surface area contributed by atoms with E-state index in [0.29, 0.717) is 76.9 Å². The lowest BCUT2D eigenvalue weighted by atomic mass is 9.51. The van der Waals surface area contributed by atoms with Gasteiger partial charge in [0, 0.05) is 0 Å². The van der Waals surface area contributed by atoms with Crippen LogP contribution >= 0.6 is 0 Å². The molecule has 1 saturated heterocycles. The molecule has 9 nitrogen and oxygen atoms in total. The number of carboxylic acids is 1. The summed E-state index contributed by atoms with van der Waals surface area (Å²) in [5.74, 6) is 3.57. The van der Waals surface area contributed by atoms with Gasteiger partial charge in [-0.25, -0.2) is 0 Å². The molecular formula is C39H52O9. The first-order valence-electron chi connectivity index (χ1n) is 19.1. The summed E-state index contributed by atoms with van der Waals surface area (Å²) in [6.07, 6.45) is 6.08. The molecule has 0 spiro atoms. The fourth-order valence-corrected chi connectivity index (χ4v) is 15.8. The number of ether oxygens (including phenoxy) is 3. The van der Waals surface area contributed by atoms with Gasteiger partial charge in [0.15, 0.2) is 0 Å². The van der Waals surface area contributed by atoms with Crippen molar-refractivity contribution in [3.63, 3.8) is 0 Å². The Morgan fingerprint density at radius 3 is 1.92 bits per heavy atom. The van der Waals surface area contributed by atoms with Crippen molar-refractivity contribution in [1.82, 2.24) is 0 Å². The first kappa shape index (κ1) is 31.5. The molecule has 262 valence electrons. The molecule has 1 aliphatic heterocycles. The van der Waals surface area contributed by atoms with Crippen LogP contribution in [0.4, 0.5) is 0 Å². The minimum Gasteiger partial charge on any atom is -0.481 e. The third-order valence-electron chi connectivity index (χ3n) is 16.4. The predicted octanol–water partition coefficient (Wildman–Crippen LogP) is 5.24. The van der Waals surface area contributed by atoms with Gasteiger partial charge in [-0.1, -0.05) is 13.8 Å².